The molecule has 2 aromatic rings. The van der Waals surface area contributed by atoms with Gasteiger partial charge in [-0.15, -0.1) is 0 Å². The second-order valence-corrected chi connectivity index (χ2v) is 7.17. The quantitative estimate of drug-likeness (QED) is 0.606. The average Bonchev–Trinajstić information content (AvgIpc) is 2.57. The van der Waals surface area contributed by atoms with Crippen LogP contribution in [0, 0.1) is 5.82 Å². The van der Waals surface area contributed by atoms with E-state index < -0.39 is 17.5 Å². The molecule has 0 fully saturated rings. The Labute approximate surface area is 163 Å². The summed E-state index contributed by atoms with van der Waals surface area (Å²) in [5.74, 6) is -0.718. The van der Waals surface area contributed by atoms with Gasteiger partial charge < -0.3 is 10.5 Å². The number of nitrogens with two attached hydrogens (primary N) is 1. The third-order valence-corrected chi connectivity index (χ3v) is 3.57. The van der Waals surface area contributed by atoms with Gasteiger partial charge in [0.15, 0.2) is 5.82 Å². The number of allylic oxidation sites excluding steroid dienone is 1. The summed E-state index contributed by atoms with van der Waals surface area (Å²) in [6.45, 7) is 10.9. The summed E-state index contributed by atoms with van der Waals surface area (Å²) >= 11 is 0. The first-order valence-corrected chi connectivity index (χ1v) is 8.57. The monoisotopic (exact) mass is 385 g/mol. The Bertz CT molecular complexity index is 948. The maximum absolute atomic E-state index is 14.4. The van der Waals surface area contributed by atoms with Gasteiger partial charge in [-0.05, 0) is 45.4 Å². The van der Waals surface area contributed by atoms with Gasteiger partial charge in [-0.1, -0.05) is 12.6 Å². The minimum atomic E-state index is -0.731. The number of benzene rings is 1. The topological polar surface area (TPSA) is 102 Å². The molecular formula is C20H24FN5O2. The molecule has 0 aliphatic rings. The molecule has 0 aliphatic heterocycles. The molecule has 2 rings (SSSR count). The number of nitrogen functional groups attached to an aromatic ring is 1. The Hall–Kier alpha value is -3.29. The highest BCUT2D eigenvalue weighted by Crippen LogP contribution is 2.27. The van der Waals surface area contributed by atoms with Crippen molar-refractivity contribution in [1.82, 2.24) is 9.97 Å². The highest BCUT2D eigenvalue weighted by atomic mass is 19.1. The summed E-state index contributed by atoms with van der Waals surface area (Å²) in [5, 5.41) is 2.40. The van der Waals surface area contributed by atoms with Crippen molar-refractivity contribution in [2.75, 3.05) is 18.1 Å². The van der Waals surface area contributed by atoms with E-state index in [1.54, 1.807) is 46.0 Å². The molecule has 0 unspecified atom stereocenters. The predicted octanol–water partition coefficient (Wildman–Crippen LogP) is 4.21. The van der Waals surface area contributed by atoms with Gasteiger partial charge in [0.2, 0.25) is 5.95 Å². The summed E-state index contributed by atoms with van der Waals surface area (Å²) < 4.78 is 19.5. The van der Waals surface area contributed by atoms with E-state index in [1.165, 1.54) is 0 Å². The summed E-state index contributed by atoms with van der Waals surface area (Å²) in [5.41, 5.74) is 8.27. The lowest BCUT2D eigenvalue weighted by Gasteiger charge is -2.19. The van der Waals surface area contributed by atoms with Crippen LogP contribution in [-0.2, 0) is 4.74 Å². The molecular weight excluding hydrogens is 361 g/mol. The van der Waals surface area contributed by atoms with Gasteiger partial charge in [0.05, 0.1) is 11.9 Å². The van der Waals surface area contributed by atoms with Crippen molar-refractivity contribution >= 4 is 23.4 Å². The van der Waals surface area contributed by atoms with Crippen molar-refractivity contribution in [1.29, 1.82) is 0 Å². The lowest BCUT2D eigenvalue weighted by molar-refractivity contribution is 0.0634. The molecule has 1 amide bonds. The number of halogens is 1. The van der Waals surface area contributed by atoms with E-state index >= 15 is 0 Å². The van der Waals surface area contributed by atoms with E-state index in [0.717, 1.165) is 11.8 Å². The first kappa shape index (κ1) is 21.0. The minimum absolute atomic E-state index is 0.0134. The van der Waals surface area contributed by atoms with E-state index in [9.17, 15) is 9.18 Å². The summed E-state index contributed by atoms with van der Waals surface area (Å²) in [6.07, 6.45) is 0.254. The number of hydrogen-bond acceptors (Lipinski definition) is 6. The maximum atomic E-state index is 14.4. The Morgan fingerprint density at radius 3 is 2.61 bits per heavy atom. The number of anilines is 2. The number of rotatable bonds is 4. The molecule has 1 aromatic heterocycles. The molecule has 0 spiro atoms. The molecule has 28 heavy (non-hydrogen) atoms. The SMILES string of the molecule is C=C(C)C(=NC)c1cc(-c2nc(NC(=O)OC(C)(C)C)ncc2F)ccc1N. The number of ether oxygens (including phenoxy) is 1. The van der Waals surface area contributed by atoms with Gasteiger partial charge in [0.1, 0.15) is 11.3 Å². The predicted molar refractivity (Wildman–Crippen MR) is 109 cm³/mol. The standard InChI is InChI=1S/C20H24FN5O2/c1-11(2)16(23-6)13-9-12(7-8-15(13)22)17-14(21)10-24-18(25-17)26-19(27)28-20(3,4)5/h7-10H,1,22H2,2-6H3,(H,24,25,26,27). The normalized spacial score (nSPS) is 11.9. The van der Waals surface area contributed by atoms with Crippen LogP contribution in [0.15, 0.2) is 41.5 Å². The average molecular weight is 385 g/mol. The van der Waals surface area contributed by atoms with Crippen LogP contribution < -0.4 is 11.1 Å². The van der Waals surface area contributed by atoms with Crippen molar-refractivity contribution in [3.63, 3.8) is 0 Å². The van der Waals surface area contributed by atoms with Gasteiger partial charge in [-0.25, -0.2) is 19.2 Å². The molecule has 0 saturated heterocycles. The summed E-state index contributed by atoms with van der Waals surface area (Å²) in [6, 6.07) is 4.95. The molecule has 0 radical (unpaired) electrons. The number of carbonyl (C=O) groups excluding carboxylic acids is 1. The van der Waals surface area contributed by atoms with E-state index in [4.69, 9.17) is 10.5 Å². The number of carbonyl (C=O) groups is 1. The second kappa shape index (κ2) is 8.16. The van der Waals surface area contributed by atoms with Crippen LogP contribution in [0.25, 0.3) is 11.3 Å². The van der Waals surface area contributed by atoms with Crippen LogP contribution in [0.1, 0.15) is 33.3 Å². The van der Waals surface area contributed by atoms with Crippen molar-refractivity contribution < 1.29 is 13.9 Å². The highest BCUT2D eigenvalue weighted by molar-refractivity contribution is 6.15. The van der Waals surface area contributed by atoms with Crippen molar-refractivity contribution in [3.05, 3.63) is 47.9 Å². The van der Waals surface area contributed by atoms with Gasteiger partial charge in [0.25, 0.3) is 0 Å². The van der Waals surface area contributed by atoms with Crippen molar-refractivity contribution in [2.45, 2.75) is 33.3 Å². The van der Waals surface area contributed by atoms with E-state index in [1.807, 2.05) is 6.92 Å². The lowest BCUT2D eigenvalue weighted by atomic mass is 9.99. The molecule has 148 valence electrons. The number of nitrogens with zero attached hydrogens (tertiary/aromatic N) is 3. The molecule has 0 atom stereocenters. The van der Waals surface area contributed by atoms with Gasteiger partial charge in [-0.3, -0.25) is 10.3 Å². The molecule has 0 aliphatic carbocycles. The zero-order valence-corrected chi connectivity index (χ0v) is 16.6. The lowest BCUT2D eigenvalue weighted by Crippen LogP contribution is -2.27. The largest absolute Gasteiger partial charge is 0.444 e. The van der Waals surface area contributed by atoms with Crippen LogP contribution >= 0.6 is 0 Å². The fourth-order valence-corrected chi connectivity index (χ4v) is 2.47. The highest BCUT2D eigenvalue weighted by Gasteiger charge is 2.19. The Balaban J connectivity index is 2.43. The summed E-state index contributed by atoms with van der Waals surface area (Å²) in [7, 11) is 1.63. The zero-order chi connectivity index (χ0) is 21.1. The van der Waals surface area contributed by atoms with E-state index in [-0.39, 0.29) is 11.6 Å². The molecule has 1 heterocycles. The number of aliphatic imine (C=N–C) groups is 1. The number of amides is 1. The van der Waals surface area contributed by atoms with Gasteiger partial charge >= 0.3 is 6.09 Å². The van der Waals surface area contributed by atoms with Crippen LogP contribution in [0.4, 0.5) is 20.8 Å². The number of hydrogen-bond donors (Lipinski definition) is 2. The van der Waals surface area contributed by atoms with Crippen LogP contribution in [0.2, 0.25) is 0 Å². The molecule has 0 saturated carbocycles. The molecule has 7 nitrogen and oxygen atoms in total. The number of aromatic nitrogens is 2. The fourth-order valence-electron chi connectivity index (χ4n) is 2.47. The first-order valence-electron chi connectivity index (χ1n) is 8.57. The van der Waals surface area contributed by atoms with Crippen LogP contribution in [-0.4, -0.2) is 34.4 Å². The summed E-state index contributed by atoms with van der Waals surface area (Å²) in [4.78, 5) is 24.0. The molecule has 3 N–H and O–H groups in total. The smallest absolute Gasteiger partial charge is 0.414 e. The van der Waals surface area contributed by atoms with Crippen molar-refractivity contribution in [2.24, 2.45) is 4.99 Å². The third-order valence-electron chi connectivity index (χ3n) is 3.57. The van der Waals surface area contributed by atoms with Crippen molar-refractivity contribution in [3.8, 4) is 11.3 Å². The van der Waals surface area contributed by atoms with Gasteiger partial charge in [0, 0.05) is 23.9 Å². The van der Waals surface area contributed by atoms with E-state index in [0.29, 0.717) is 22.5 Å². The molecule has 0 bridgehead atoms. The number of nitrogens with one attached hydrogen (secondary N) is 1. The third kappa shape index (κ3) is 5.12. The zero-order valence-electron chi connectivity index (χ0n) is 16.6. The Kier molecular flexibility index (Phi) is 6.12. The maximum Gasteiger partial charge on any atom is 0.414 e. The van der Waals surface area contributed by atoms with Gasteiger partial charge in [-0.2, -0.15) is 0 Å². The molecule has 8 heteroatoms. The van der Waals surface area contributed by atoms with Crippen LogP contribution in [0.3, 0.4) is 0 Å². The molecule has 1 aromatic carbocycles. The van der Waals surface area contributed by atoms with Crippen LogP contribution in [0.5, 0.6) is 0 Å². The second-order valence-electron chi connectivity index (χ2n) is 7.17. The van der Waals surface area contributed by atoms with E-state index in [2.05, 4.69) is 26.9 Å². The Morgan fingerprint density at radius 2 is 2.04 bits per heavy atom. The fraction of sp³-hybridized carbons (Fsp3) is 0.300. The first-order chi connectivity index (χ1) is 13.0. The minimum Gasteiger partial charge on any atom is -0.444 e. The Morgan fingerprint density at radius 1 is 1.36 bits per heavy atom.